The van der Waals surface area contributed by atoms with Crippen molar-refractivity contribution in [3.8, 4) is 0 Å². The summed E-state index contributed by atoms with van der Waals surface area (Å²) in [5.74, 6) is 2.85. The Morgan fingerprint density at radius 1 is 1.10 bits per heavy atom. The van der Waals surface area contributed by atoms with E-state index in [-0.39, 0.29) is 12.1 Å². The SMILES string of the molecule is Cn1nc(NC2CCN(C(=O)OC(C)(C)C)CC2)c2ccc(Nc3nc4ccnc(CC5CCOCC5)n4n3)cc21. The number of carbonyl (C=O) groups excluding carboxylic acids is 1. The van der Waals surface area contributed by atoms with E-state index in [9.17, 15) is 4.79 Å². The third kappa shape index (κ3) is 6.22. The van der Waals surface area contributed by atoms with Crippen LogP contribution in [0.2, 0.25) is 0 Å². The summed E-state index contributed by atoms with van der Waals surface area (Å²) < 4.78 is 14.8. The zero-order chi connectivity index (χ0) is 28.6. The number of hydrogen-bond acceptors (Lipinski definition) is 9. The van der Waals surface area contributed by atoms with Crippen molar-refractivity contribution in [1.82, 2.24) is 34.3 Å². The molecule has 2 N–H and O–H groups in total. The molecule has 2 fully saturated rings. The number of amides is 1. The van der Waals surface area contributed by atoms with Crippen molar-refractivity contribution in [2.45, 2.75) is 64.5 Å². The van der Waals surface area contributed by atoms with Crippen LogP contribution in [0.25, 0.3) is 16.6 Å². The number of nitrogens with one attached hydrogen (secondary N) is 2. The molecule has 2 saturated heterocycles. The van der Waals surface area contributed by atoms with Crippen molar-refractivity contribution in [2.75, 3.05) is 36.9 Å². The summed E-state index contributed by atoms with van der Waals surface area (Å²) in [7, 11) is 1.94. The van der Waals surface area contributed by atoms with Crippen molar-refractivity contribution in [3.63, 3.8) is 0 Å². The molecule has 41 heavy (non-hydrogen) atoms. The molecule has 1 aromatic carbocycles. The van der Waals surface area contributed by atoms with E-state index >= 15 is 0 Å². The van der Waals surface area contributed by atoms with Gasteiger partial charge in [-0.1, -0.05) is 0 Å². The monoisotopic (exact) mass is 561 g/mol. The van der Waals surface area contributed by atoms with E-state index in [0.717, 1.165) is 79.2 Å². The molecule has 12 heteroatoms. The molecule has 218 valence electrons. The third-order valence-corrected chi connectivity index (χ3v) is 7.73. The van der Waals surface area contributed by atoms with Crippen molar-refractivity contribution in [1.29, 1.82) is 0 Å². The van der Waals surface area contributed by atoms with E-state index in [1.165, 1.54) is 0 Å². The topological polar surface area (TPSA) is 124 Å². The maximum Gasteiger partial charge on any atom is 0.410 e. The lowest BCUT2D eigenvalue weighted by Gasteiger charge is -2.33. The maximum absolute atomic E-state index is 12.4. The predicted octanol–water partition coefficient (Wildman–Crippen LogP) is 4.54. The molecule has 0 spiro atoms. The van der Waals surface area contributed by atoms with Gasteiger partial charge in [0.1, 0.15) is 11.4 Å². The molecule has 4 aromatic rings. The number of anilines is 3. The maximum atomic E-state index is 12.4. The van der Waals surface area contributed by atoms with E-state index in [1.807, 2.05) is 49.1 Å². The fourth-order valence-electron chi connectivity index (χ4n) is 5.56. The van der Waals surface area contributed by atoms with Crippen molar-refractivity contribution >= 4 is 40.1 Å². The standard InChI is InChI=1S/C29H39N9O3/c1-29(2,3)41-28(39)37-13-8-20(9-14-37)31-26-22-6-5-21(18-23(22)36(4)34-26)32-27-33-24-7-12-30-25(38(24)35-27)17-19-10-15-40-16-11-19/h5-7,12,18-20H,8-11,13-17H2,1-4H3,(H,31,34)(H,32,35). The fraction of sp³-hybridized carbons (Fsp3) is 0.552. The van der Waals surface area contributed by atoms with Gasteiger partial charge >= 0.3 is 6.09 Å². The van der Waals surface area contributed by atoms with Crippen LogP contribution in [0.3, 0.4) is 0 Å². The number of aromatic nitrogens is 6. The minimum absolute atomic E-state index is 0.232. The number of likely N-dealkylation sites (tertiary alicyclic amines) is 1. The highest BCUT2D eigenvalue weighted by atomic mass is 16.6. The first-order valence-electron chi connectivity index (χ1n) is 14.5. The first kappa shape index (κ1) is 27.3. The summed E-state index contributed by atoms with van der Waals surface area (Å²) >= 11 is 0. The number of carbonyl (C=O) groups is 1. The van der Waals surface area contributed by atoms with E-state index in [1.54, 1.807) is 11.1 Å². The lowest BCUT2D eigenvalue weighted by molar-refractivity contribution is 0.0210. The molecular weight excluding hydrogens is 522 g/mol. The summed E-state index contributed by atoms with van der Waals surface area (Å²) in [6, 6.07) is 8.26. The van der Waals surface area contributed by atoms with E-state index in [0.29, 0.717) is 25.0 Å². The smallest absolute Gasteiger partial charge is 0.410 e. The molecule has 0 atom stereocenters. The number of fused-ring (bicyclic) bond motifs is 2. The number of benzene rings is 1. The van der Waals surface area contributed by atoms with Crippen LogP contribution < -0.4 is 10.6 Å². The van der Waals surface area contributed by atoms with E-state index in [2.05, 4.69) is 32.7 Å². The van der Waals surface area contributed by atoms with Gasteiger partial charge in [0.25, 0.3) is 0 Å². The molecule has 0 unspecified atom stereocenters. The van der Waals surface area contributed by atoms with Gasteiger partial charge in [0, 0.05) is 69.2 Å². The van der Waals surface area contributed by atoms with E-state index < -0.39 is 5.60 Å². The zero-order valence-electron chi connectivity index (χ0n) is 24.3. The number of ether oxygens (including phenoxy) is 2. The van der Waals surface area contributed by atoms with Gasteiger partial charge in [-0.25, -0.2) is 9.78 Å². The second-order valence-corrected chi connectivity index (χ2v) is 12.0. The van der Waals surface area contributed by atoms with Gasteiger partial charge < -0.3 is 25.0 Å². The van der Waals surface area contributed by atoms with E-state index in [4.69, 9.17) is 19.7 Å². The van der Waals surface area contributed by atoms with Crippen LogP contribution in [0.4, 0.5) is 22.2 Å². The second kappa shape index (κ2) is 11.2. The zero-order valence-corrected chi connectivity index (χ0v) is 24.3. The molecular formula is C29H39N9O3. The summed E-state index contributed by atoms with van der Waals surface area (Å²) in [6.45, 7) is 8.61. The lowest BCUT2D eigenvalue weighted by Crippen LogP contribution is -2.44. The second-order valence-electron chi connectivity index (χ2n) is 12.0. The molecule has 6 rings (SSSR count). The average Bonchev–Trinajstić information content (AvgIpc) is 3.49. The number of aryl methyl sites for hydroxylation is 1. The molecule has 3 aromatic heterocycles. The van der Waals surface area contributed by atoms with Crippen LogP contribution in [0.15, 0.2) is 30.5 Å². The highest BCUT2D eigenvalue weighted by Gasteiger charge is 2.27. The first-order valence-corrected chi connectivity index (χ1v) is 14.5. The Kier molecular flexibility index (Phi) is 7.41. The minimum atomic E-state index is -0.487. The van der Waals surface area contributed by atoms with Crippen molar-refractivity contribution in [3.05, 3.63) is 36.3 Å². The van der Waals surface area contributed by atoms with Gasteiger partial charge in [-0.05, 0) is 70.6 Å². The Hall–Kier alpha value is -3.93. The van der Waals surface area contributed by atoms with Gasteiger partial charge in [0.15, 0.2) is 11.5 Å². The third-order valence-electron chi connectivity index (χ3n) is 7.73. The Morgan fingerprint density at radius 3 is 2.63 bits per heavy atom. The van der Waals surface area contributed by atoms with Crippen LogP contribution in [-0.2, 0) is 22.9 Å². The summed E-state index contributed by atoms with van der Waals surface area (Å²) in [4.78, 5) is 23.5. The minimum Gasteiger partial charge on any atom is -0.444 e. The summed E-state index contributed by atoms with van der Waals surface area (Å²) in [6.07, 6.45) is 6.19. The average molecular weight is 562 g/mol. The largest absolute Gasteiger partial charge is 0.444 e. The molecule has 2 aliphatic rings. The molecule has 5 heterocycles. The van der Waals surface area contributed by atoms with Gasteiger partial charge in [0.2, 0.25) is 5.95 Å². The van der Waals surface area contributed by atoms with Crippen LogP contribution in [0.5, 0.6) is 0 Å². The van der Waals surface area contributed by atoms with Crippen LogP contribution in [0.1, 0.15) is 52.3 Å². The van der Waals surface area contributed by atoms with Crippen LogP contribution in [-0.4, -0.2) is 78.3 Å². The highest BCUT2D eigenvalue weighted by molar-refractivity contribution is 5.92. The molecule has 0 radical (unpaired) electrons. The predicted molar refractivity (Wildman–Crippen MR) is 156 cm³/mol. The molecule has 0 saturated carbocycles. The molecule has 12 nitrogen and oxygen atoms in total. The number of rotatable bonds is 6. The number of hydrogen-bond donors (Lipinski definition) is 2. The van der Waals surface area contributed by atoms with Gasteiger partial charge in [-0.3, -0.25) is 4.68 Å². The quantitative estimate of drug-likeness (QED) is 0.349. The first-order chi connectivity index (χ1) is 19.7. The molecule has 0 aliphatic carbocycles. The van der Waals surface area contributed by atoms with Gasteiger partial charge in [-0.2, -0.15) is 14.6 Å². The highest BCUT2D eigenvalue weighted by Crippen LogP contribution is 2.29. The van der Waals surface area contributed by atoms with Crippen LogP contribution in [0, 0.1) is 5.92 Å². The number of piperidine rings is 1. The van der Waals surface area contributed by atoms with Crippen LogP contribution >= 0.6 is 0 Å². The Labute approximate surface area is 239 Å². The Morgan fingerprint density at radius 2 is 1.88 bits per heavy atom. The summed E-state index contributed by atoms with van der Waals surface area (Å²) in [5, 5.41) is 17.5. The number of nitrogens with zero attached hydrogens (tertiary/aromatic N) is 7. The van der Waals surface area contributed by atoms with Gasteiger partial charge in [0.05, 0.1) is 5.52 Å². The fourth-order valence-corrected chi connectivity index (χ4v) is 5.56. The molecule has 0 bridgehead atoms. The molecule has 1 amide bonds. The van der Waals surface area contributed by atoms with Gasteiger partial charge in [-0.15, -0.1) is 5.10 Å². The molecule has 2 aliphatic heterocycles. The normalized spacial score (nSPS) is 17.3. The Balaban J connectivity index is 1.12. The van der Waals surface area contributed by atoms with Crippen molar-refractivity contribution in [2.24, 2.45) is 13.0 Å². The van der Waals surface area contributed by atoms with Crippen molar-refractivity contribution < 1.29 is 14.3 Å². The lowest BCUT2D eigenvalue weighted by atomic mass is 9.96. The summed E-state index contributed by atoms with van der Waals surface area (Å²) in [5.41, 5.74) is 2.16. The Bertz CT molecular complexity index is 1530.